The van der Waals surface area contributed by atoms with Crippen LogP contribution in [0.2, 0.25) is 0 Å². The molecule has 1 saturated heterocycles. The molecule has 0 bridgehead atoms. The van der Waals surface area contributed by atoms with Crippen LogP contribution in [0.5, 0.6) is 0 Å². The number of aliphatic hydroxyl groups excluding tert-OH is 1. The van der Waals surface area contributed by atoms with Gasteiger partial charge in [-0.2, -0.15) is 0 Å². The van der Waals surface area contributed by atoms with E-state index in [1.165, 1.54) is 30.8 Å². The quantitative estimate of drug-likeness (QED) is 0.648. The van der Waals surface area contributed by atoms with E-state index in [0.29, 0.717) is 0 Å². The van der Waals surface area contributed by atoms with Crippen molar-refractivity contribution in [2.75, 3.05) is 18.4 Å². The molecule has 3 nitrogen and oxygen atoms in total. The van der Waals surface area contributed by atoms with Crippen molar-refractivity contribution in [1.29, 1.82) is 0 Å². The van der Waals surface area contributed by atoms with Crippen molar-refractivity contribution in [3.05, 3.63) is 24.3 Å². The molecular formula is C14H22N2OS. The Morgan fingerprint density at radius 1 is 1.28 bits per heavy atom. The maximum atomic E-state index is 9.24. The van der Waals surface area contributed by atoms with E-state index in [0.717, 1.165) is 11.6 Å². The van der Waals surface area contributed by atoms with Crippen LogP contribution < -0.4 is 5.32 Å². The van der Waals surface area contributed by atoms with Crippen molar-refractivity contribution in [1.82, 2.24) is 4.31 Å². The highest BCUT2D eigenvalue weighted by molar-refractivity contribution is 7.97. The molecule has 0 aromatic heterocycles. The van der Waals surface area contributed by atoms with Gasteiger partial charge in [-0.25, -0.2) is 4.31 Å². The van der Waals surface area contributed by atoms with Crippen molar-refractivity contribution in [2.45, 2.75) is 37.8 Å². The Kier molecular flexibility index (Phi) is 4.92. The van der Waals surface area contributed by atoms with Crippen LogP contribution in [0.25, 0.3) is 0 Å². The number of anilines is 1. The van der Waals surface area contributed by atoms with Crippen LogP contribution in [0.3, 0.4) is 0 Å². The molecule has 1 aromatic rings. The maximum Gasteiger partial charge on any atom is 0.121 e. The second kappa shape index (κ2) is 6.45. The molecule has 18 heavy (non-hydrogen) atoms. The molecule has 4 heteroatoms. The molecule has 1 aliphatic rings. The van der Waals surface area contributed by atoms with E-state index >= 15 is 0 Å². The standard InChI is InChI=1S/C14H22N2OS/c1-11-7-9-16(10-8-11)18-14-5-3-13(4-6-14)15-12(2)17/h3-6,11-12,15,17H,7-10H2,1-2H3. The highest BCUT2D eigenvalue weighted by atomic mass is 32.2. The minimum atomic E-state index is -0.507. The minimum Gasteiger partial charge on any atom is -0.374 e. The Labute approximate surface area is 114 Å². The van der Waals surface area contributed by atoms with Crippen LogP contribution in [0.1, 0.15) is 26.7 Å². The number of aliphatic hydroxyl groups is 1. The number of hydrogen-bond donors (Lipinski definition) is 2. The zero-order valence-electron chi connectivity index (χ0n) is 11.1. The predicted octanol–water partition coefficient (Wildman–Crippen LogP) is 3.18. The first-order valence-corrected chi connectivity index (χ1v) is 7.38. The molecule has 1 unspecified atom stereocenters. The molecule has 1 fully saturated rings. The van der Waals surface area contributed by atoms with E-state index in [2.05, 4.69) is 28.7 Å². The van der Waals surface area contributed by atoms with Crippen LogP contribution in [0, 0.1) is 5.92 Å². The molecule has 100 valence electrons. The number of rotatable bonds is 4. The normalized spacial score (nSPS) is 19.7. The average Bonchev–Trinajstić information content (AvgIpc) is 2.34. The third-order valence-corrected chi connectivity index (χ3v) is 4.31. The van der Waals surface area contributed by atoms with Gasteiger partial charge in [0.2, 0.25) is 0 Å². The van der Waals surface area contributed by atoms with Gasteiger partial charge in [-0.15, -0.1) is 0 Å². The summed E-state index contributed by atoms with van der Waals surface area (Å²) in [7, 11) is 0. The van der Waals surface area contributed by atoms with Gasteiger partial charge in [0.15, 0.2) is 0 Å². The number of hydrogen-bond acceptors (Lipinski definition) is 4. The molecule has 1 aromatic carbocycles. The zero-order chi connectivity index (χ0) is 13.0. The highest BCUT2D eigenvalue weighted by Crippen LogP contribution is 2.28. The fourth-order valence-corrected chi connectivity index (χ4v) is 3.03. The number of nitrogens with one attached hydrogen (secondary N) is 1. The van der Waals surface area contributed by atoms with E-state index in [4.69, 9.17) is 0 Å². The van der Waals surface area contributed by atoms with Crippen molar-refractivity contribution in [3.63, 3.8) is 0 Å². The van der Waals surface area contributed by atoms with Crippen LogP contribution in [0.4, 0.5) is 5.69 Å². The zero-order valence-corrected chi connectivity index (χ0v) is 11.9. The SMILES string of the molecule is CC1CCN(Sc2ccc(NC(C)O)cc2)CC1. The Hall–Kier alpha value is -0.710. The largest absolute Gasteiger partial charge is 0.374 e. The summed E-state index contributed by atoms with van der Waals surface area (Å²) >= 11 is 1.84. The summed E-state index contributed by atoms with van der Waals surface area (Å²) in [5.41, 5.74) is 0.960. The van der Waals surface area contributed by atoms with Gasteiger partial charge in [-0.05, 0) is 61.9 Å². The fraction of sp³-hybridized carbons (Fsp3) is 0.571. The summed E-state index contributed by atoms with van der Waals surface area (Å²) in [4.78, 5) is 1.26. The Morgan fingerprint density at radius 2 is 1.89 bits per heavy atom. The fourth-order valence-electron chi connectivity index (χ4n) is 2.08. The number of piperidine rings is 1. The second-order valence-corrected chi connectivity index (χ2v) is 6.22. The Bertz CT molecular complexity index is 359. The molecule has 1 aliphatic heterocycles. The van der Waals surface area contributed by atoms with Gasteiger partial charge in [0.25, 0.3) is 0 Å². The molecule has 0 amide bonds. The Morgan fingerprint density at radius 3 is 2.44 bits per heavy atom. The third kappa shape index (κ3) is 4.19. The summed E-state index contributed by atoms with van der Waals surface area (Å²) in [6.07, 6.45) is 2.09. The van der Waals surface area contributed by atoms with Crippen LogP contribution in [-0.2, 0) is 0 Å². The van der Waals surface area contributed by atoms with Gasteiger partial charge in [-0.1, -0.05) is 6.92 Å². The van der Waals surface area contributed by atoms with Crippen molar-refractivity contribution < 1.29 is 5.11 Å². The number of nitrogens with zero attached hydrogens (tertiary/aromatic N) is 1. The monoisotopic (exact) mass is 266 g/mol. The lowest BCUT2D eigenvalue weighted by atomic mass is 10.0. The lowest BCUT2D eigenvalue weighted by Crippen LogP contribution is -2.27. The van der Waals surface area contributed by atoms with Gasteiger partial charge in [-0.3, -0.25) is 0 Å². The summed E-state index contributed by atoms with van der Waals surface area (Å²) in [5, 5.41) is 12.2. The Balaban J connectivity index is 1.86. The molecule has 0 spiro atoms. The van der Waals surface area contributed by atoms with Crippen LogP contribution >= 0.6 is 11.9 Å². The van der Waals surface area contributed by atoms with Crippen LogP contribution in [-0.4, -0.2) is 28.7 Å². The van der Waals surface area contributed by atoms with Crippen LogP contribution in [0.15, 0.2) is 29.2 Å². The maximum absolute atomic E-state index is 9.24. The first-order valence-electron chi connectivity index (χ1n) is 6.61. The van der Waals surface area contributed by atoms with Gasteiger partial charge >= 0.3 is 0 Å². The summed E-state index contributed by atoms with van der Waals surface area (Å²) in [6.45, 7) is 6.41. The van der Waals surface area contributed by atoms with Crippen molar-refractivity contribution in [2.24, 2.45) is 5.92 Å². The summed E-state index contributed by atoms with van der Waals surface area (Å²) in [5.74, 6) is 0.875. The van der Waals surface area contributed by atoms with Gasteiger partial charge < -0.3 is 10.4 Å². The van der Waals surface area contributed by atoms with E-state index in [9.17, 15) is 5.11 Å². The van der Waals surface area contributed by atoms with Gasteiger partial charge in [0, 0.05) is 23.7 Å². The average molecular weight is 266 g/mol. The lowest BCUT2D eigenvalue weighted by Gasteiger charge is -2.28. The summed E-state index contributed by atoms with van der Waals surface area (Å²) < 4.78 is 2.44. The van der Waals surface area contributed by atoms with Crippen molar-refractivity contribution >= 4 is 17.6 Å². The molecule has 0 saturated carbocycles. The number of benzene rings is 1. The van der Waals surface area contributed by atoms with E-state index in [1.807, 2.05) is 24.1 Å². The predicted molar refractivity (Wildman–Crippen MR) is 77.6 cm³/mol. The topological polar surface area (TPSA) is 35.5 Å². The first kappa shape index (κ1) is 13.7. The first-order chi connectivity index (χ1) is 8.63. The molecule has 1 atom stereocenters. The van der Waals surface area contributed by atoms with E-state index < -0.39 is 6.23 Å². The van der Waals surface area contributed by atoms with Gasteiger partial charge in [0.1, 0.15) is 6.23 Å². The molecule has 2 rings (SSSR count). The highest BCUT2D eigenvalue weighted by Gasteiger charge is 2.16. The molecular weight excluding hydrogens is 244 g/mol. The molecule has 0 radical (unpaired) electrons. The smallest absolute Gasteiger partial charge is 0.121 e. The molecule has 0 aliphatic carbocycles. The van der Waals surface area contributed by atoms with Gasteiger partial charge in [0.05, 0.1) is 0 Å². The van der Waals surface area contributed by atoms with Crippen molar-refractivity contribution in [3.8, 4) is 0 Å². The summed E-state index contributed by atoms with van der Waals surface area (Å²) in [6, 6.07) is 8.24. The molecule has 2 N–H and O–H groups in total. The minimum absolute atomic E-state index is 0.507. The van der Waals surface area contributed by atoms with E-state index in [1.54, 1.807) is 6.92 Å². The van der Waals surface area contributed by atoms with E-state index in [-0.39, 0.29) is 0 Å². The lowest BCUT2D eigenvalue weighted by molar-refractivity contribution is 0.224. The third-order valence-electron chi connectivity index (χ3n) is 3.21. The second-order valence-electron chi connectivity index (χ2n) is 5.05. The molecule has 1 heterocycles.